The molecule has 2 aliphatic rings. The minimum absolute atomic E-state index is 0.137. The molecule has 2 heterocycles. The molecule has 0 bridgehead atoms. The summed E-state index contributed by atoms with van der Waals surface area (Å²) in [7, 11) is 1.62. The molecule has 2 aromatic rings. The van der Waals surface area contributed by atoms with Crippen molar-refractivity contribution in [1.82, 2.24) is 0 Å². The Morgan fingerprint density at radius 1 is 1.17 bits per heavy atom. The van der Waals surface area contributed by atoms with Crippen molar-refractivity contribution in [2.75, 3.05) is 7.11 Å². The van der Waals surface area contributed by atoms with E-state index in [1.807, 2.05) is 24.3 Å². The molecule has 0 radical (unpaired) electrons. The molecule has 0 saturated carbocycles. The summed E-state index contributed by atoms with van der Waals surface area (Å²) < 4.78 is 16.1. The van der Waals surface area contributed by atoms with Crippen molar-refractivity contribution in [1.29, 1.82) is 0 Å². The van der Waals surface area contributed by atoms with Crippen molar-refractivity contribution < 1.29 is 24.1 Å². The van der Waals surface area contributed by atoms with Gasteiger partial charge in [-0.05, 0) is 24.1 Å². The Labute approximate surface area is 138 Å². The normalized spacial score (nSPS) is 27.3. The number of hydrogen-bond donors (Lipinski definition) is 2. The molecule has 4 atom stereocenters. The Kier molecular flexibility index (Phi) is 3.68. The van der Waals surface area contributed by atoms with E-state index in [4.69, 9.17) is 13.9 Å². The number of benzene rings is 1. The third-order valence-corrected chi connectivity index (χ3v) is 4.62. The Hall–Kier alpha value is -2.15. The van der Waals surface area contributed by atoms with E-state index in [2.05, 4.69) is 0 Å². The fourth-order valence-electron chi connectivity index (χ4n) is 3.20. The van der Waals surface area contributed by atoms with Gasteiger partial charge in [0.25, 0.3) is 0 Å². The predicted octanol–water partition coefficient (Wildman–Crippen LogP) is 1.28. The van der Waals surface area contributed by atoms with E-state index in [1.54, 1.807) is 7.11 Å². The molecule has 1 aliphatic heterocycles. The van der Waals surface area contributed by atoms with E-state index in [-0.39, 0.29) is 11.2 Å². The molecule has 4 rings (SSSR count). The van der Waals surface area contributed by atoms with Gasteiger partial charge in [0.2, 0.25) is 0 Å². The molecule has 1 aromatic heterocycles. The molecule has 1 fully saturated rings. The second-order valence-electron chi connectivity index (χ2n) is 6.16. The third-order valence-electron chi connectivity index (χ3n) is 4.62. The van der Waals surface area contributed by atoms with Gasteiger partial charge in [-0.25, -0.2) is 0 Å². The summed E-state index contributed by atoms with van der Waals surface area (Å²) in [4.78, 5) is 12.3. The lowest BCUT2D eigenvalue weighted by Gasteiger charge is -2.21. The largest absolute Gasteiger partial charge is 0.497 e. The first-order valence-electron chi connectivity index (χ1n) is 7.90. The molecule has 126 valence electrons. The first-order valence-corrected chi connectivity index (χ1v) is 7.90. The van der Waals surface area contributed by atoms with Gasteiger partial charge in [-0.1, -0.05) is 12.1 Å². The average molecular weight is 330 g/mol. The van der Waals surface area contributed by atoms with Crippen LogP contribution in [0.3, 0.4) is 0 Å². The van der Waals surface area contributed by atoms with E-state index in [1.165, 1.54) is 6.07 Å². The van der Waals surface area contributed by atoms with Crippen LogP contribution in [0.2, 0.25) is 0 Å². The van der Waals surface area contributed by atoms with Crippen LogP contribution in [0.1, 0.15) is 34.9 Å². The van der Waals surface area contributed by atoms with Crippen LogP contribution in [0.4, 0.5) is 0 Å². The van der Waals surface area contributed by atoms with Gasteiger partial charge in [-0.3, -0.25) is 4.79 Å². The second-order valence-corrected chi connectivity index (χ2v) is 6.16. The number of fused-ring (bicyclic) bond motifs is 3. The summed E-state index contributed by atoms with van der Waals surface area (Å²) in [5, 5.41) is 20.1. The Morgan fingerprint density at radius 3 is 2.62 bits per heavy atom. The highest BCUT2D eigenvalue weighted by atomic mass is 16.6. The third kappa shape index (κ3) is 2.53. The lowest BCUT2D eigenvalue weighted by Crippen LogP contribution is -2.32. The SMILES string of the molecule is COc1ccc(CCc2cc(=O)c3c(o2)[C@@H](O)[C@H](O)[C@@H]2O[C@H]32)cc1. The van der Waals surface area contributed by atoms with Crippen molar-refractivity contribution >= 4 is 0 Å². The maximum atomic E-state index is 12.3. The van der Waals surface area contributed by atoms with Gasteiger partial charge < -0.3 is 24.1 Å². The molecular formula is C18H18O6. The fraction of sp³-hybridized carbons (Fsp3) is 0.389. The lowest BCUT2D eigenvalue weighted by atomic mass is 9.92. The van der Waals surface area contributed by atoms with E-state index in [9.17, 15) is 15.0 Å². The molecule has 6 nitrogen and oxygen atoms in total. The maximum Gasteiger partial charge on any atom is 0.191 e. The van der Waals surface area contributed by atoms with E-state index in [0.717, 1.165) is 11.3 Å². The van der Waals surface area contributed by atoms with Crippen LogP contribution in [-0.2, 0) is 17.6 Å². The number of methoxy groups -OCH3 is 1. The van der Waals surface area contributed by atoms with Crippen LogP contribution >= 0.6 is 0 Å². The molecule has 1 aromatic carbocycles. The highest BCUT2D eigenvalue weighted by Crippen LogP contribution is 2.49. The molecule has 1 saturated heterocycles. The summed E-state index contributed by atoms with van der Waals surface area (Å²) in [6.45, 7) is 0. The molecule has 1 aliphatic carbocycles. The summed E-state index contributed by atoms with van der Waals surface area (Å²) >= 11 is 0. The van der Waals surface area contributed by atoms with Gasteiger partial charge in [0.15, 0.2) is 5.43 Å². The topological polar surface area (TPSA) is 92.4 Å². The number of aliphatic hydroxyl groups is 2. The van der Waals surface area contributed by atoms with Gasteiger partial charge in [0.1, 0.15) is 41.7 Å². The Bertz CT molecular complexity index is 809. The maximum absolute atomic E-state index is 12.3. The number of aryl methyl sites for hydroxylation is 2. The van der Waals surface area contributed by atoms with Crippen molar-refractivity contribution in [3.05, 3.63) is 63.2 Å². The minimum Gasteiger partial charge on any atom is -0.497 e. The predicted molar refractivity (Wildman–Crippen MR) is 84.0 cm³/mol. The minimum atomic E-state index is -1.22. The molecular weight excluding hydrogens is 312 g/mol. The second kappa shape index (κ2) is 5.73. The molecule has 6 heteroatoms. The van der Waals surface area contributed by atoms with Crippen LogP contribution in [-0.4, -0.2) is 29.5 Å². The standard InChI is InChI=1S/C18H18O6/c1-22-10-5-2-9(3-6-10)4-7-11-8-12(19)13-16(23-11)14(20)15(21)18-17(13)24-18/h2-3,5-6,8,14-15,17-18,20-21H,4,7H2,1H3/t14-,15-,17+,18-/m0/s1. The molecule has 0 unspecified atom stereocenters. The monoisotopic (exact) mass is 330 g/mol. The van der Waals surface area contributed by atoms with Gasteiger partial charge in [-0.2, -0.15) is 0 Å². The molecule has 24 heavy (non-hydrogen) atoms. The van der Waals surface area contributed by atoms with E-state index < -0.39 is 24.4 Å². The molecule has 2 N–H and O–H groups in total. The number of aliphatic hydroxyl groups excluding tert-OH is 2. The highest BCUT2D eigenvalue weighted by Gasteiger charge is 2.56. The van der Waals surface area contributed by atoms with Crippen LogP contribution < -0.4 is 10.2 Å². The fourth-order valence-corrected chi connectivity index (χ4v) is 3.20. The summed E-state index contributed by atoms with van der Waals surface area (Å²) in [5.41, 5.74) is 1.22. The highest BCUT2D eigenvalue weighted by molar-refractivity contribution is 5.34. The van der Waals surface area contributed by atoms with Crippen LogP contribution in [0.5, 0.6) is 5.75 Å². The Balaban J connectivity index is 1.56. The zero-order chi connectivity index (χ0) is 16.8. The van der Waals surface area contributed by atoms with Crippen molar-refractivity contribution in [2.45, 2.75) is 37.3 Å². The van der Waals surface area contributed by atoms with Gasteiger partial charge >= 0.3 is 0 Å². The van der Waals surface area contributed by atoms with Gasteiger partial charge in [-0.15, -0.1) is 0 Å². The number of hydrogen-bond acceptors (Lipinski definition) is 6. The molecule has 0 spiro atoms. The van der Waals surface area contributed by atoms with Crippen molar-refractivity contribution in [2.24, 2.45) is 0 Å². The summed E-state index contributed by atoms with van der Waals surface area (Å²) in [6, 6.07) is 9.12. The summed E-state index contributed by atoms with van der Waals surface area (Å²) in [5.74, 6) is 1.41. The van der Waals surface area contributed by atoms with E-state index >= 15 is 0 Å². The summed E-state index contributed by atoms with van der Waals surface area (Å²) in [6.07, 6.45) is -2.02. The van der Waals surface area contributed by atoms with Crippen molar-refractivity contribution in [3.63, 3.8) is 0 Å². The zero-order valence-corrected chi connectivity index (χ0v) is 13.1. The number of ether oxygens (including phenoxy) is 2. The van der Waals surface area contributed by atoms with Gasteiger partial charge in [0.05, 0.1) is 12.7 Å². The zero-order valence-electron chi connectivity index (χ0n) is 13.1. The Morgan fingerprint density at radius 2 is 1.92 bits per heavy atom. The van der Waals surface area contributed by atoms with Gasteiger partial charge in [0, 0.05) is 12.5 Å². The average Bonchev–Trinajstić information content (AvgIpc) is 3.38. The van der Waals surface area contributed by atoms with E-state index in [0.29, 0.717) is 24.2 Å². The quantitative estimate of drug-likeness (QED) is 0.821. The molecule has 0 amide bonds. The smallest absolute Gasteiger partial charge is 0.191 e. The van der Waals surface area contributed by atoms with Crippen LogP contribution in [0, 0.1) is 0 Å². The first kappa shape index (κ1) is 15.4. The van der Waals surface area contributed by atoms with Crippen LogP contribution in [0.15, 0.2) is 39.5 Å². The number of rotatable bonds is 4. The van der Waals surface area contributed by atoms with Crippen LogP contribution in [0.25, 0.3) is 0 Å². The number of epoxide rings is 1. The first-order chi connectivity index (χ1) is 11.6. The van der Waals surface area contributed by atoms with Crippen molar-refractivity contribution in [3.8, 4) is 5.75 Å². The lowest BCUT2D eigenvalue weighted by molar-refractivity contribution is -0.0137.